The van der Waals surface area contributed by atoms with E-state index in [1.807, 2.05) is 12.1 Å². The molecule has 3 atom stereocenters. The molecule has 3 unspecified atom stereocenters. The summed E-state index contributed by atoms with van der Waals surface area (Å²) in [7, 11) is 0. The quantitative estimate of drug-likeness (QED) is 0.774. The third kappa shape index (κ3) is 3.96. The molecule has 0 aromatic heterocycles. The van der Waals surface area contributed by atoms with Crippen molar-refractivity contribution in [3.05, 3.63) is 26.6 Å². The van der Waals surface area contributed by atoms with E-state index in [9.17, 15) is 5.11 Å². The highest BCUT2D eigenvalue weighted by atomic mass is 79.9. The molecule has 2 N–H and O–H groups in total. The van der Waals surface area contributed by atoms with Gasteiger partial charge in [0, 0.05) is 12.6 Å². The van der Waals surface area contributed by atoms with Crippen LogP contribution in [0.2, 0.25) is 0 Å². The Morgan fingerprint density at radius 2 is 1.79 bits per heavy atom. The van der Waals surface area contributed by atoms with E-state index >= 15 is 0 Å². The molecule has 1 saturated carbocycles. The highest BCUT2D eigenvalue weighted by molar-refractivity contribution is 9.11. The monoisotopic (exact) mass is 389 g/mol. The minimum Gasteiger partial charge on any atom is -0.506 e. The molecule has 0 bridgehead atoms. The molecule has 0 amide bonds. The van der Waals surface area contributed by atoms with Gasteiger partial charge in [0.05, 0.1) is 8.95 Å². The lowest BCUT2D eigenvalue weighted by atomic mass is 9.79. The lowest BCUT2D eigenvalue weighted by Gasteiger charge is -2.32. The van der Waals surface area contributed by atoms with Gasteiger partial charge in [-0.05, 0) is 80.7 Å². The van der Waals surface area contributed by atoms with Crippen molar-refractivity contribution in [1.29, 1.82) is 0 Å². The summed E-state index contributed by atoms with van der Waals surface area (Å²) in [6.07, 6.45) is 3.86. The summed E-state index contributed by atoms with van der Waals surface area (Å²) in [6, 6.07) is 4.57. The lowest BCUT2D eigenvalue weighted by molar-refractivity contribution is 0.225. The van der Waals surface area contributed by atoms with Crippen LogP contribution >= 0.6 is 31.9 Å². The molecular formula is C15H21Br2NO. The average Bonchev–Trinajstić information content (AvgIpc) is 2.37. The van der Waals surface area contributed by atoms with Crippen molar-refractivity contribution in [3.8, 4) is 5.75 Å². The fourth-order valence-electron chi connectivity index (χ4n) is 2.72. The van der Waals surface area contributed by atoms with E-state index in [-0.39, 0.29) is 5.75 Å². The van der Waals surface area contributed by atoms with Crippen LogP contribution in [0.4, 0.5) is 0 Å². The first-order valence-electron chi connectivity index (χ1n) is 6.87. The van der Waals surface area contributed by atoms with E-state index in [0.29, 0.717) is 6.04 Å². The zero-order valence-corrected chi connectivity index (χ0v) is 14.6. The number of hydrogen-bond donors (Lipinski definition) is 2. The molecule has 0 radical (unpaired) electrons. The number of phenols is 1. The number of halogens is 2. The molecule has 1 aliphatic carbocycles. The van der Waals surface area contributed by atoms with E-state index in [2.05, 4.69) is 51.0 Å². The van der Waals surface area contributed by atoms with Crippen LogP contribution in [0.5, 0.6) is 5.75 Å². The topological polar surface area (TPSA) is 32.3 Å². The van der Waals surface area contributed by atoms with Crippen molar-refractivity contribution in [3.63, 3.8) is 0 Å². The molecule has 0 saturated heterocycles. The molecule has 1 aliphatic rings. The molecule has 0 heterocycles. The van der Waals surface area contributed by atoms with E-state index in [4.69, 9.17) is 0 Å². The number of benzene rings is 1. The Bertz CT molecular complexity index is 427. The second kappa shape index (κ2) is 6.59. The maximum absolute atomic E-state index is 9.70. The standard InChI is InChI=1S/C15H21Br2NO/c1-9-3-4-12(5-10(9)2)18-8-11-6-13(16)15(19)14(17)7-11/h6-7,9-10,12,18-19H,3-5,8H2,1-2H3. The van der Waals surface area contributed by atoms with Gasteiger partial charge in [-0.3, -0.25) is 0 Å². The smallest absolute Gasteiger partial charge is 0.143 e. The molecule has 0 aliphatic heterocycles. The normalized spacial score (nSPS) is 27.5. The van der Waals surface area contributed by atoms with Gasteiger partial charge in [0.15, 0.2) is 0 Å². The van der Waals surface area contributed by atoms with Crippen LogP contribution in [0.3, 0.4) is 0 Å². The van der Waals surface area contributed by atoms with Crippen LogP contribution in [-0.4, -0.2) is 11.1 Å². The van der Waals surface area contributed by atoms with Crippen molar-refractivity contribution in [2.75, 3.05) is 0 Å². The molecule has 1 fully saturated rings. The Hall–Kier alpha value is -0.0600. The van der Waals surface area contributed by atoms with Crippen LogP contribution in [0, 0.1) is 11.8 Å². The second-order valence-corrected chi connectivity index (χ2v) is 7.46. The van der Waals surface area contributed by atoms with Gasteiger partial charge >= 0.3 is 0 Å². The van der Waals surface area contributed by atoms with Crippen molar-refractivity contribution in [2.45, 2.75) is 45.7 Å². The first-order chi connectivity index (χ1) is 8.97. The summed E-state index contributed by atoms with van der Waals surface area (Å²) in [4.78, 5) is 0. The Morgan fingerprint density at radius 1 is 1.16 bits per heavy atom. The largest absolute Gasteiger partial charge is 0.506 e. The summed E-state index contributed by atoms with van der Waals surface area (Å²) in [5.41, 5.74) is 1.18. The molecule has 1 aromatic rings. The highest BCUT2D eigenvalue weighted by Gasteiger charge is 2.24. The lowest BCUT2D eigenvalue weighted by Crippen LogP contribution is -2.35. The number of aromatic hydroxyl groups is 1. The van der Waals surface area contributed by atoms with E-state index in [1.165, 1.54) is 24.8 Å². The van der Waals surface area contributed by atoms with E-state index in [0.717, 1.165) is 27.3 Å². The maximum atomic E-state index is 9.70. The first kappa shape index (κ1) is 15.3. The summed E-state index contributed by atoms with van der Waals surface area (Å²) in [5, 5.41) is 13.3. The predicted molar refractivity (Wildman–Crippen MR) is 86.3 cm³/mol. The van der Waals surface area contributed by atoms with Crippen LogP contribution in [0.25, 0.3) is 0 Å². The summed E-state index contributed by atoms with van der Waals surface area (Å²) >= 11 is 6.75. The molecule has 19 heavy (non-hydrogen) atoms. The summed E-state index contributed by atoms with van der Waals surface area (Å²) in [6.45, 7) is 5.56. The zero-order chi connectivity index (χ0) is 14.0. The average molecular weight is 391 g/mol. The molecule has 2 rings (SSSR count). The van der Waals surface area contributed by atoms with Gasteiger partial charge in [0.2, 0.25) is 0 Å². The Kier molecular flexibility index (Phi) is 5.32. The van der Waals surface area contributed by atoms with Gasteiger partial charge in [-0.15, -0.1) is 0 Å². The van der Waals surface area contributed by atoms with Gasteiger partial charge in [0.1, 0.15) is 5.75 Å². The predicted octanol–water partition coefficient (Wildman–Crippen LogP) is 4.83. The number of rotatable bonds is 3. The summed E-state index contributed by atoms with van der Waals surface area (Å²) < 4.78 is 1.48. The molecule has 1 aromatic carbocycles. The Morgan fingerprint density at radius 3 is 2.37 bits per heavy atom. The SMILES string of the molecule is CC1CCC(NCc2cc(Br)c(O)c(Br)c2)CC1C. The van der Waals surface area contributed by atoms with E-state index in [1.54, 1.807) is 0 Å². The minimum atomic E-state index is 0.267. The van der Waals surface area contributed by atoms with Crippen LogP contribution < -0.4 is 5.32 Å². The Labute approximate surface area is 132 Å². The second-order valence-electron chi connectivity index (χ2n) is 5.75. The third-order valence-electron chi connectivity index (χ3n) is 4.27. The number of hydrogen-bond acceptors (Lipinski definition) is 2. The zero-order valence-electron chi connectivity index (χ0n) is 11.4. The number of phenolic OH excluding ortho intramolecular Hbond substituents is 1. The van der Waals surface area contributed by atoms with Gasteiger partial charge in [-0.2, -0.15) is 0 Å². The molecule has 4 heteroatoms. The fraction of sp³-hybridized carbons (Fsp3) is 0.600. The van der Waals surface area contributed by atoms with Gasteiger partial charge in [0.25, 0.3) is 0 Å². The minimum absolute atomic E-state index is 0.267. The maximum Gasteiger partial charge on any atom is 0.143 e. The van der Waals surface area contributed by atoms with Crippen LogP contribution in [0.1, 0.15) is 38.7 Å². The molecule has 106 valence electrons. The first-order valence-corrected chi connectivity index (χ1v) is 8.46. The third-order valence-corrected chi connectivity index (χ3v) is 5.48. The number of nitrogens with one attached hydrogen (secondary N) is 1. The fourth-order valence-corrected chi connectivity index (χ4v) is 4.00. The van der Waals surface area contributed by atoms with Crippen molar-refractivity contribution >= 4 is 31.9 Å². The van der Waals surface area contributed by atoms with Crippen LogP contribution in [0.15, 0.2) is 21.1 Å². The van der Waals surface area contributed by atoms with Gasteiger partial charge in [-0.25, -0.2) is 0 Å². The van der Waals surface area contributed by atoms with Crippen molar-refractivity contribution < 1.29 is 5.11 Å². The highest BCUT2D eigenvalue weighted by Crippen LogP contribution is 2.34. The van der Waals surface area contributed by atoms with Crippen LogP contribution in [-0.2, 0) is 6.54 Å². The van der Waals surface area contributed by atoms with Gasteiger partial charge in [-0.1, -0.05) is 13.8 Å². The van der Waals surface area contributed by atoms with E-state index < -0.39 is 0 Å². The molecule has 2 nitrogen and oxygen atoms in total. The molecule has 0 spiro atoms. The Balaban J connectivity index is 1.92. The van der Waals surface area contributed by atoms with Gasteiger partial charge < -0.3 is 10.4 Å². The summed E-state index contributed by atoms with van der Waals surface area (Å²) in [5.74, 6) is 1.93. The molecular weight excluding hydrogens is 370 g/mol. The van der Waals surface area contributed by atoms with Crippen molar-refractivity contribution in [1.82, 2.24) is 5.32 Å². The van der Waals surface area contributed by atoms with Crippen molar-refractivity contribution in [2.24, 2.45) is 11.8 Å².